The average molecular weight is 284 g/mol. The van der Waals surface area contributed by atoms with Gasteiger partial charge in [-0.1, -0.05) is 6.92 Å². The first-order valence-electron chi connectivity index (χ1n) is 6.43. The lowest BCUT2D eigenvalue weighted by Gasteiger charge is -1.96. The van der Waals surface area contributed by atoms with E-state index in [1.165, 1.54) is 12.1 Å². The number of rotatable bonds is 4. The van der Waals surface area contributed by atoms with Crippen LogP contribution < -0.4 is 0 Å². The fourth-order valence-electron chi connectivity index (χ4n) is 2.01. The molecule has 2 aromatic heterocycles. The number of aromatic nitrogens is 2. The second-order valence-corrected chi connectivity index (χ2v) is 4.41. The minimum Gasteiger partial charge on any atom is -0.478 e. The number of benzene rings is 1. The van der Waals surface area contributed by atoms with Crippen LogP contribution in [0.15, 0.2) is 45.4 Å². The molecule has 0 bridgehead atoms. The monoisotopic (exact) mass is 284 g/mol. The van der Waals surface area contributed by atoms with E-state index in [-0.39, 0.29) is 5.56 Å². The highest BCUT2D eigenvalue weighted by atomic mass is 16.4. The lowest BCUT2D eigenvalue weighted by atomic mass is 10.1. The molecule has 0 radical (unpaired) electrons. The van der Waals surface area contributed by atoms with Crippen molar-refractivity contribution in [1.29, 1.82) is 0 Å². The quantitative estimate of drug-likeness (QED) is 0.790. The number of furan rings is 1. The maximum absolute atomic E-state index is 10.8. The Kier molecular flexibility index (Phi) is 3.27. The summed E-state index contributed by atoms with van der Waals surface area (Å²) in [5.74, 6) is 0.535. The van der Waals surface area contributed by atoms with E-state index in [1.807, 2.05) is 6.92 Å². The standard InChI is InChI=1S/C15H12N2O4/c1-2-12-11(7-8-20-12)14-17-16-13(21-14)9-3-5-10(6-4-9)15(18)19/h3-8H,2H2,1H3,(H,18,19). The van der Waals surface area contributed by atoms with Crippen molar-refractivity contribution < 1.29 is 18.7 Å². The molecule has 1 N–H and O–H groups in total. The van der Waals surface area contributed by atoms with Crippen LogP contribution in [0.4, 0.5) is 0 Å². The number of carboxylic acid groups (broad SMARTS) is 1. The number of hydrogen-bond donors (Lipinski definition) is 1. The Balaban J connectivity index is 1.93. The molecule has 1 aromatic carbocycles. The zero-order chi connectivity index (χ0) is 14.8. The summed E-state index contributed by atoms with van der Waals surface area (Å²) < 4.78 is 11.0. The van der Waals surface area contributed by atoms with Crippen molar-refractivity contribution in [3.8, 4) is 22.9 Å². The third-order valence-corrected chi connectivity index (χ3v) is 3.10. The highest BCUT2D eigenvalue weighted by Crippen LogP contribution is 2.27. The van der Waals surface area contributed by atoms with Crippen LogP contribution >= 0.6 is 0 Å². The van der Waals surface area contributed by atoms with Gasteiger partial charge in [-0.3, -0.25) is 0 Å². The summed E-state index contributed by atoms with van der Waals surface area (Å²) in [5.41, 5.74) is 1.65. The minimum absolute atomic E-state index is 0.210. The molecule has 0 unspecified atom stereocenters. The molecule has 3 aromatic rings. The van der Waals surface area contributed by atoms with Gasteiger partial charge in [-0.15, -0.1) is 10.2 Å². The maximum atomic E-state index is 10.8. The average Bonchev–Trinajstić information content (AvgIpc) is 3.15. The second-order valence-electron chi connectivity index (χ2n) is 4.41. The minimum atomic E-state index is -0.973. The largest absolute Gasteiger partial charge is 0.478 e. The molecular weight excluding hydrogens is 272 g/mol. The van der Waals surface area contributed by atoms with E-state index in [9.17, 15) is 4.79 Å². The molecule has 0 atom stereocenters. The molecule has 0 saturated carbocycles. The van der Waals surface area contributed by atoms with E-state index in [2.05, 4.69) is 10.2 Å². The zero-order valence-electron chi connectivity index (χ0n) is 11.2. The lowest BCUT2D eigenvalue weighted by molar-refractivity contribution is 0.0697. The van der Waals surface area contributed by atoms with Crippen LogP contribution in [0.25, 0.3) is 22.9 Å². The predicted molar refractivity (Wildman–Crippen MR) is 73.8 cm³/mol. The molecule has 0 aliphatic carbocycles. The Morgan fingerprint density at radius 1 is 1.14 bits per heavy atom. The fourth-order valence-corrected chi connectivity index (χ4v) is 2.01. The van der Waals surface area contributed by atoms with Crippen LogP contribution in [0.1, 0.15) is 23.0 Å². The van der Waals surface area contributed by atoms with Crippen molar-refractivity contribution in [2.24, 2.45) is 0 Å². The Morgan fingerprint density at radius 3 is 2.52 bits per heavy atom. The van der Waals surface area contributed by atoms with E-state index in [0.717, 1.165) is 17.7 Å². The Morgan fingerprint density at radius 2 is 1.86 bits per heavy atom. The molecule has 0 aliphatic heterocycles. The van der Waals surface area contributed by atoms with Gasteiger partial charge in [-0.25, -0.2) is 4.79 Å². The second kappa shape index (κ2) is 5.24. The van der Waals surface area contributed by atoms with Gasteiger partial charge in [0.2, 0.25) is 5.89 Å². The molecule has 6 heteroatoms. The number of aryl methyl sites for hydroxylation is 1. The fraction of sp³-hybridized carbons (Fsp3) is 0.133. The number of carboxylic acids is 1. The van der Waals surface area contributed by atoms with Crippen molar-refractivity contribution >= 4 is 5.97 Å². The summed E-state index contributed by atoms with van der Waals surface area (Å²) in [6, 6.07) is 8.05. The number of nitrogens with zero attached hydrogens (tertiary/aromatic N) is 2. The molecule has 0 saturated heterocycles. The third-order valence-electron chi connectivity index (χ3n) is 3.10. The zero-order valence-corrected chi connectivity index (χ0v) is 11.2. The van der Waals surface area contributed by atoms with Crippen LogP contribution in [0.3, 0.4) is 0 Å². The summed E-state index contributed by atoms with van der Waals surface area (Å²) in [4.78, 5) is 10.8. The van der Waals surface area contributed by atoms with Gasteiger partial charge >= 0.3 is 5.97 Å². The molecular formula is C15H12N2O4. The summed E-state index contributed by atoms with van der Waals surface area (Å²) in [5, 5.41) is 16.9. The summed E-state index contributed by atoms with van der Waals surface area (Å²) >= 11 is 0. The summed E-state index contributed by atoms with van der Waals surface area (Å²) in [6.45, 7) is 1.98. The molecule has 0 spiro atoms. The third kappa shape index (κ3) is 2.43. The van der Waals surface area contributed by atoms with Gasteiger partial charge in [0.05, 0.1) is 17.4 Å². The van der Waals surface area contributed by atoms with Crippen LogP contribution in [-0.4, -0.2) is 21.3 Å². The van der Waals surface area contributed by atoms with E-state index in [1.54, 1.807) is 24.5 Å². The molecule has 0 amide bonds. The van der Waals surface area contributed by atoms with Crippen molar-refractivity contribution in [2.45, 2.75) is 13.3 Å². The van der Waals surface area contributed by atoms with Gasteiger partial charge in [0, 0.05) is 12.0 Å². The van der Waals surface area contributed by atoms with Crippen LogP contribution in [0.5, 0.6) is 0 Å². The van der Waals surface area contributed by atoms with Gasteiger partial charge in [0.25, 0.3) is 5.89 Å². The molecule has 0 aliphatic rings. The Bertz CT molecular complexity index is 771. The first-order chi connectivity index (χ1) is 10.2. The molecule has 2 heterocycles. The summed E-state index contributed by atoms with van der Waals surface area (Å²) in [6.07, 6.45) is 2.31. The Labute approximate surface area is 120 Å². The normalized spacial score (nSPS) is 10.7. The topological polar surface area (TPSA) is 89.4 Å². The van der Waals surface area contributed by atoms with Crippen LogP contribution in [0, 0.1) is 0 Å². The Hall–Kier alpha value is -2.89. The number of carbonyl (C=O) groups is 1. The molecule has 0 fully saturated rings. The van der Waals surface area contributed by atoms with Crippen molar-refractivity contribution in [2.75, 3.05) is 0 Å². The lowest BCUT2D eigenvalue weighted by Crippen LogP contribution is -1.94. The summed E-state index contributed by atoms with van der Waals surface area (Å²) in [7, 11) is 0. The molecule has 21 heavy (non-hydrogen) atoms. The van der Waals surface area contributed by atoms with Crippen molar-refractivity contribution in [3.05, 3.63) is 47.9 Å². The number of hydrogen-bond acceptors (Lipinski definition) is 5. The van der Waals surface area contributed by atoms with E-state index in [4.69, 9.17) is 13.9 Å². The van der Waals surface area contributed by atoms with Crippen LogP contribution in [-0.2, 0) is 6.42 Å². The van der Waals surface area contributed by atoms with E-state index in [0.29, 0.717) is 17.3 Å². The van der Waals surface area contributed by atoms with Gasteiger partial charge in [0.1, 0.15) is 5.76 Å². The smallest absolute Gasteiger partial charge is 0.335 e. The maximum Gasteiger partial charge on any atom is 0.335 e. The molecule has 106 valence electrons. The highest BCUT2D eigenvalue weighted by Gasteiger charge is 2.15. The van der Waals surface area contributed by atoms with E-state index >= 15 is 0 Å². The molecule has 6 nitrogen and oxygen atoms in total. The SMILES string of the molecule is CCc1occc1-c1nnc(-c2ccc(C(=O)O)cc2)o1. The van der Waals surface area contributed by atoms with Gasteiger partial charge in [0.15, 0.2) is 0 Å². The van der Waals surface area contributed by atoms with Gasteiger partial charge in [-0.05, 0) is 30.3 Å². The van der Waals surface area contributed by atoms with Crippen LogP contribution in [0.2, 0.25) is 0 Å². The van der Waals surface area contributed by atoms with Crippen molar-refractivity contribution in [1.82, 2.24) is 10.2 Å². The first-order valence-corrected chi connectivity index (χ1v) is 6.43. The predicted octanol–water partition coefficient (Wildman–Crippen LogP) is 3.26. The molecule has 3 rings (SSSR count). The first kappa shape index (κ1) is 13.1. The van der Waals surface area contributed by atoms with E-state index < -0.39 is 5.97 Å². The highest BCUT2D eigenvalue weighted by molar-refractivity contribution is 5.88. The number of aromatic carboxylic acids is 1. The van der Waals surface area contributed by atoms with Gasteiger partial charge in [-0.2, -0.15) is 0 Å². The van der Waals surface area contributed by atoms with Gasteiger partial charge < -0.3 is 13.9 Å². The van der Waals surface area contributed by atoms with Crippen molar-refractivity contribution in [3.63, 3.8) is 0 Å².